The summed E-state index contributed by atoms with van der Waals surface area (Å²) in [7, 11) is 0. The first-order valence-corrected chi connectivity index (χ1v) is 10.7. The summed E-state index contributed by atoms with van der Waals surface area (Å²) < 4.78 is 0. The number of carbonyl (C=O) groups is 1. The van der Waals surface area contributed by atoms with E-state index in [1.165, 1.54) is 5.06 Å². The molecule has 3 aromatic carbocycles. The Labute approximate surface area is 193 Å². The molecular formula is C28H25N3O2. The molecular weight excluding hydrogens is 410 g/mol. The number of para-hydroxylation sites is 1. The lowest BCUT2D eigenvalue weighted by Crippen LogP contribution is -2.36. The minimum absolute atomic E-state index is 0.230. The van der Waals surface area contributed by atoms with E-state index in [0.29, 0.717) is 11.1 Å². The van der Waals surface area contributed by atoms with Crippen molar-refractivity contribution in [2.45, 2.75) is 26.5 Å². The Kier molecular flexibility index (Phi) is 6.39. The number of rotatable bonds is 7. The number of benzene rings is 3. The van der Waals surface area contributed by atoms with Gasteiger partial charge in [-0.15, -0.1) is 0 Å². The molecule has 33 heavy (non-hydrogen) atoms. The molecule has 5 nitrogen and oxygen atoms in total. The third-order valence-electron chi connectivity index (χ3n) is 5.59. The van der Waals surface area contributed by atoms with Crippen molar-refractivity contribution in [1.82, 2.24) is 10.0 Å². The van der Waals surface area contributed by atoms with Crippen molar-refractivity contribution >= 4 is 16.8 Å². The highest BCUT2D eigenvalue weighted by molar-refractivity contribution is 5.93. The van der Waals surface area contributed by atoms with Crippen LogP contribution in [0.15, 0.2) is 91.0 Å². The lowest BCUT2D eigenvalue weighted by molar-refractivity contribution is -0.198. The molecule has 1 amide bonds. The van der Waals surface area contributed by atoms with Crippen LogP contribution < -0.4 is 0 Å². The summed E-state index contributed by atoms with van der Waals surface area (Å²) in [6.07, 6.45) is 0. The van der Waals surface area contributed by atoms with Gasteiger partial charge < -0.3 is 4.98 Å². The van der Waals surface area contributed by atoms with Gasteiger partial charge in [0.25, 0.3) is 5.91 Å². The Morgan fingerprint density at radius 2 is 1.73 bits per heavy atom. The highest BCUT2D eigenvalue weighted by Crippen LogP contribution is 2.37. The standard InChI is InChI=1S/C28H25N3O2/c1-19(2)28(32)31(33-18-22-9-5-4-6-10-22)27(23-15-13-21(17-29)14-16-23)26-20(3)30-25-12-8-7-11-24(25)26/h4-16,27,30H,1,18H2,2-3H3. The molecule has 1 unspecified atom stereocenters. The molecule has 1 heterocycles. The molecule has 164 valence electrons. The lowest BCUT2D eigenvalue weighted by atomic mass is 9.94. The van der Waals surface area contributed by atoms with Crippen molar-refractivity contribution in [3.8, 4) is 6.07 Å². The Balaban J connectivity index is 1.87. The summed E-state index contributed by atoms with van der Waals surface area (Å²) in [4.78, 5) is 23.0. The topological polar surface area (TPSA) is 69.1 Å². The first-order valence-electron chi connectivity index (χ1n) is 10.7. The van der Waals surface area contributed by atoms with Crippen molar-refractivity contribution in [3.05, 3.63) is 119 Å². The maximum atomic E-state index is 13.4. The molecule has 0 aliphatic rings. The van der Waals surface area contributed by atoms with E-state index in [2.05, 4.69) is 17.6 Å². The summed E-state index contributed by atoms with van der Waals surface area (Å²) in [5.41, 5.74) is 5.58. The largest absolute Gasteiger partial charge is 0.358 e. The van der Waals surface area contributed by atoms with Crippen LogP contribution in [0.3, 0.4) is 0 Å². The molecule has 0 bridgehead atoms. The number of aromatic amines is 1. The number of aromatic nitrogens is 1. The number of hydroxylamine groups is 2. The number of amides is 1. The monoisotopic (exact) mass is 435 g/mol. The minimum atomic E-state index is -0.540. The van der Waals surface area contributed by atoms with E-state index in [9.17, 15) is 10.1 Å². The van der Waals surface area contributed by atoms with Crippen molar-refractivity contribution < 1.29 is 9.63 Å². The quantitative estimate of drug-likeness (QED) is 0.287. The molecule has 1 N–H and O–H groups in total. The van der Waals surface area contributed by atoms with E-state index in [1.54, 1.807) is 19.1 Å². The predicted octanol–water partition coefficient (Wildman–Crippen LogP) is 5.97. The van der Waals surface area contributed by atoms with Crippen LogP contribution in [0.1, 0.15) is 40.9 Å². The average Bonchev–Trinajstić information content (AvgIpc) is 3.17. The molecule has 1 atom stereocenters. The van der Waals surface area contributed by atoms with Gasteiger partial charge in [0.2, 0.25) is 0 Å². The Bertz CT molecular complexity index is 1330. The van der Waals surface area contributed by atoms with Gasteiger partial charge in [0.1, 0.15) is 12.6 Å². The van der Waals surface area contributed by atoms with Crippen LogP contribution in [0.4, 0.5) is 0 Å². The van der Waals surface area contributed by atoms with Crippen LogP contribution in [-0.4, -0.2) is 16.0 Å². The maximum Gasteiger partial charge on any atom is 0.273 e. The number of H-pyrrole nitrogens is 1. The molecule has 0 spiro atoms. The number of carbonyl (C=O) groups excluding carboxylic acids is 1. The molecule has 1 aromatic heterocycles. The van der Waals surface area contributed by atoms with Gasteiger partial charge in [-0.1, -0.05) is 67.2 Å². The zero-order valence-corrected chi connectivity index (χ0v) is 18.7. The SMILES string of the molecule is C=C(C)C(=O)N(OCc1ccccc1)C(c1ccc(C#N)cc1)c1c(C)[nH]c2ccccc12. The van der Waals surface area contributed by atoms with E-state index in [4.69, 9.17) is 4.84 Å². The third kappa shape index (κ3) is 4.57. The number of aryl methyl sites for hydroxylation is 1. The number of nitrogens with zero attached hydrogens (tertiary/aromatic N) is 2. The van der Waals surface area contributed by atoms with E-state index in [1.807, 2.05) is 73.7 Å². The number of nitrogens with one attached hydrogen (secondary N) is 1. The Morgan fingerprint density at radius 1 is 1.06 bits per heavy atom. The van der Waals surface area contributed by atoms with Crippen molar-refractivity contribution in [3.63, 3.8) is 0 Å². The normalized spacial score (nSPS) is 11.7. The Hall–Kier alpha value is -4.14. The summed E-state index contributed by atoms with van der Waals surface area (Å²) in [6, 6.07) is 26.6. The first kappa shape index (κ1) is 22.1. The zero-order valence-electron chi connectivity index (χ0n) is 18.7. The van der Waals surface area contributed by atoms with Gasteiger partial charge >= 0.3 is 0 Å². The van der Waals surface area contributed by atoms with E-state index in [-0.39, 0.29) is 12.5 Å². The smallest absolute Gasteiger partial charge is 0.273 e. The van der Waals surface area contributed by atoms with Crippen molar-refractivity contribution in [1.29, 1.82) is 5.26 Å². The molecule has 0 aliphatic carbocycles. The highest BCUT2D eigenvalue weighted by Gasteiger charge is 2.32. The van der Waals surface area contributed by atoms with Crippen LogP contribution in [0, 0.1) is 18.3 Å². The van der Waals surface area contributed by atoms with E-state index in [0.717, 1.165) is 33.3 Å². The molecule has 4 aromatic rings. The number of fused-ring (bicyclic) bond motifs is 1. The van der Waals surface area contributed by atoms with Crippen molar-refractivity contribution in [2.24, 2.45) is 0 Å². The highest BCUT2D eigenvalue weighted by atomic mass is 16.7. The molecule has 0 saturated heterocycles. The summed E-state index contributed by atoms with van der Waals surface area (Å²) >= 11 is 0. The van der Waals surface area contributed by atoms with Crippen LogP contribution in [0.2, 0.25) is 0 Å². The third-order valence-corrected chi connectivity index (χ3v) is 5.59. The fourth-order valence-electron chi connectivity index (χ4n) is 3.97. The summed E-state index contributed by atoms with van der Waals surface area (Å²) in [5.74, 6) is -0.301. The maximum absolute atomic E-state index is 13.4. The molecule has 0 saturated carbocycles. The lowest BCUT2D eigenvalue weighted by Gasteiger charge is -2.32. The molecule has 5 heteroatoms. The molecule has 0 fully saturated rings. The fraction of sp³-hybridized carbons (Fsp3) is 0.143. The molecule has 0 radical (unpaired) electrons. The molecule has 4 rings (SSSR count). The van der Waals surface area contributed by atoms with Gasteiger partial charge in [0, 0.05) is 27.7 Å². The zero-order chi connectivity index (χ0) is 23.4. The number of hydrogen-bond acceptors (Lipinski definition) is 3. The van der Waals surface area contributed by atoms with E-state index < -0.39 is 6.04 Å². The van der Waals surface area contributed by atoms with Gasteiger partial charge in [-0.2, -0.15) is 5.26 Å². The van der Waals surface area contributed by atoms with Gasteiger partial charge in [-0.3, -0.25) is 9.63 Å². The second-order valence-electron chi connectivity index (χ2n) is 8.02. The predicted molar refractivity (Wildman–Crippen MR) is 129 cm³/mol. The summed E-state index contributed by atoms with van der Waals surface area (Å²) in [5, 5.41) is 11.7. The minimum Gasteiger partial charge on any atom is -0.358 e. The number of nitriles is 1. The van der Waals surface area contributed by atoms with Crippen LogP contribution in [0.25, 0.3) is 10.9 Å². The van der Waals surface area contributed by atoms with Gasteiger partial charge in [0.15, 0.2) is 0 Å². The fourth-order valence-corrected chi connectivity index (χ4v) is 3.97. The molecule has 0 aliphatic heterocycles. The van der Waals surface area contributed by atoms with E-state index >= 15 is 0 Å². The van der Waals surface area contributed by atoms with Gasteiger partial charge in [-0.05, 0) is 43.2 Å². The Morgan fingerprint density at radius 3 is 2.39 bits per heavy atom. The average molecular weight is 436 g/mol. The van der Waals surface area contributed by atoms with Crippen LogP contribution in [0.5, 0.6) is 0 Å². The second kappa shape index (κ2) is 9.56. The summed E-state index contributed by atoms with van der Waals surface area (Å²) in [6.45, 7) is 7.78. The van der Waals surface area contributed by atoms with Crippen LogP contribution in [-0.2, 0) is 16.2 Å². The first-order chi connectivity index (χ1) is 16.0. The van der Waals surface area contributed by atoms with Gasteiger partial charge in [0.05, 0.1) is 11.6 Å². The van der Waals surface area contributed by atoms with Gasteiger partial charge in [-0.25, -0.2) is 5.06 Å². The second-order valence-corrected chi connectivity index (χ2v) is 8.02. The van der Waals surface area contributed by atoms with Crippen molar-refractivity contribution in [2.75, 3.05) is 0 Å². The number of hydrogen-bond donors (Lipinski definition) is 1. The van der Waals surface area contributed by atoms with Crippen LogP contribution >= 0.6 is 0 Å².